The quantitative estimate of drug-likeness (QED) is 0.772. The molecule has 0 aromatic carbocycles. The number of pyridine rings is 1. The maximum atomic E-state index is 11.6. The Bertz CT molecular complexity index is 335. The smallest absolute Gasteiger partial charge is 0.270 e. The van der Waals surface area contributed by atoms with Crippen molar-refractivity contribution in [2.24, 2.45) is 0 Å². The van der Waals surface area contributed by atoms with Crippen molar-refractivity contribution in [3.05, 3.63) is 29.6 Å². The minimum atomic E-state index is -0.236. The second-order valence-corrected chi connectivity index (χ2v) is 3.43. The summed E-state index contributed by atoms with van der Waals surface area (Å²) in [5, 5.41) is 11.6. The zero-order valence-electron chi connectivity index (χ0n) is 9.03. The van der Waals surface area contributed by atoms with Gasteiger partial charge in [-0.05, 0) is 25.5 Å². The molecular weight excluding hydrogens is 192 g/mol. The van der Waals surface area contributed by atoms with E-state index in [4.69, 9.17) is 5.11 Å². The van der Waals surface area contributed by atoms with Crippen molar-refractivity contribution in [3.63, 3.8) is 0 Å². The lowest BCUT2D eigenvalue weighted by molar-refractivity contribution is 0.0909. The molecule has 0 aliphatic rings. The van der Waals surface area contributed by atoms with Crippen LogP contribution in [0.25, 0.3) is 0 Å². The van der Waals surface area contributed by atoms with Crippen molar-refractivity contribution >= 4 is 5.91 Å². The largest absolute Gasteiger partial charge is 0.394 e. The van der Waals surface area contributed by atoms with E-state index in [0.717, 1.165) is 5.69 Å². The van der Waals surface area contributed by atoms with Crippen LogP contribution in [-0.4, -0.2) is 28.6 Å². The molecule has 0 spiro atoms. The van der Waals surface area contributed by atoms with Gasteiger partial charge in [-0.25, -0.2) is 4.98 Å². The van der Waals surface area contributed by atoms with E-state index in [-0.39, 0.29) is 18.6 Å². The minimum absolute atomic E-state index is 0.0476. The third-order valence-corrected chi connectivity index (χ3v) is 2.17. The normalized spacial score (nSPS) is 12.2. The van der Waals surface area contributed by atoms with Crippen LogP contribution in [0, 0.1) is 6.92 Å². The number of nitrogens with zero attached hydrogens (tertiary/aromatic N) is 1. The van der Waals surface area contributed by atoms with E-state index in [0.29, 0.717) is 12.1 Å². The van der Waals surface area contributed by atoms with Crippen molar-refractivity contribution < 1.29 is 9.90 Å². The van der Waals surface area contributed by atoms with Crippen LogP contribution in [0.4, 0.5) is 0 Å². The Balaban J connectivity index is 2.68. The molecule has 1 heterocycles. The zero-order chi connectivity index (χ0) is 11.3. The first-order valence-corrected chi connectivity index (χ1v) is 5.02. The Morgan fingerprint density at radius 1 is 1.60 bits per heavy atom. The minimum Gasteiger partial charge on any atom is -0.394 e. The second kappa shape index (κ2) is 5.46. The van der Waals surface area contributed by atoms with E-state index >= 15 is 0 Å². The van der Waals surface area contributed by atoms with E-state index in [1.165, 1.54) is 0 Å². The third-order valence-electron chi connectivity index (χ3n) is 2.17. The van der Waals surface area contributed by atoms with E-state index in [1.54, 1.807) is 12.1 Å². The van der Waals surface area contributed by atoms with Gasteiger partial charge in [0.05, 0.1) is 12.6 Å². The Morgan fingerprint density at radius 2 is 2.33 bits per heavy atom. The van der Waals surface area contributed by atoms with Crippen LogP contribution in [0.5, 0.6) is 0 Å². The Morgan fingerprint density at radius 3 is 2.87 bits per heavy atom. The summed E-state index contributed by atoms with van der Waals surface area (Å²) < 4.78 is 0. The van der Waals surface area contributed by atoms with Gasteiger partial charge in [0.25, 0.3) is 5.91 Å². The molecular formula is C11H16N2O2. The van der Waals surface area contributed by atoms with Crippen LogP contribution in [-0.2, 0) is 0 Å². The van der Waals surface area contributed by atoms with Gasteiger partial charge in [0.1, 0.15) is 5.69 Å². The molecule has 0 bridgehead atoms. The summed E-state index contributed by atoms with van der Waals surface area (Å²) in [6.07, 6.45) is 0.702. The molecule has 1 aromatic rings. The molecule has 1 aromatic heterocycles. The molecule has 82 valence electrons. The first-order chi connectivity index (χ1) is 7.17. The summed E-state index contributed by atoms with van der Waals surface area (Å²) >= 11 is 0. The average Bonchev–Trinajstić information content (AvgIpc) is 2.25. The van der Waals surface area contributed by atoms with Crippen LogP contribution in [0.1, 0.15) is 29.5 Å². The number of nitrogens with one attached hydrogen (secondary N) is 1. The van der Waals surface area contributed by atoms with E-state index in [9.17, 15) is 4.79 Å². The highest BCUT2D eigenvalue weighted by atomic mass is 16.3. The van der Waals surface area contributed by atoms with Gasteiger partial charge < -0.3 is 10.4 Å². The maximum Gasteiger partial charge on any atom is 0.270 e. The predicted octanol–water partition coefficient (Wildman–Crippen LogP) is 0.891. The summed E-state index contributed by atoms with van der Waals surface area (Å²) in [6.45, 7) is 3.69. The van der Waals surface area contributed by atoms with Gasteiger partial charge in [-0.15, -0.1) is 0 Å². The predicted molar refractivity (Wildman–Crippen MR) is 57.6 cm³/mol. The number of aliphatic hydroxyl groups is 1. The highest BCUT2D eigenvalue weighted by Crippen LogP contribution is 1.99. The molecule has 0 saturated heterocycles. The van der Waals surface area contributed by atoms with Crippen LogP contribution in [0.2, 0.25) is 0 Å². The number of carbonyl (C=O) groups excluding carboxylic acids is 1. The average molecular weight is 208 g/mol. The van der Waals surface area contributed by atoms with Gasteiger partial charge in [0.15, 0.2) is 0 Å². The molecule has 2 N–H and O–H groups in total. The molecule has 0 radical (unpaired) electrons. The summed E-state index contributed by atoms with van der Waals surface area (Å²) in [5.74, 6) is -0.236. The van der Waals surface area contributed by atoms with Crippen LogP contribution in [0.15, 0.2) is 18.2 Å². The molecule has 0 fully saturated rings. The van der Waals surface area contributed by atoms with E-state index < -0.39 is 0 Å². The monoisotopic (exact) mass is 208 g/mol. The first kappa shape index (κ1) is 11.7. The lowest BCUT2D eigenvalue weighted by Crippen LogP contribution is -2.37. The van der Waals surface area contributed by atoms with E-state index in [1.807, 2.05) is 19.9 Å². The van der Waals surface area contributed by atoms with Crippen molar-refractivity contribution in [2.75, 3.05) is 6.61 Å². The number of rotatable bonds is 4. The molecule has 1 amide bonds. The number of aryl methyl sites for hydroxylation is 1. The number of aromatic nitrogens is 1. The second-order valence-electron chi connectivity index (χ2n) is 3.43. The lowest BCUT2D eigenvalue weighted by Gasteiger charge is -2.13. The molecule has 4 nitrogen and oxygen atoms in total. The summed E-state index contributed by atoms with van der Waals surface area (Å²) in [7, 11) is 0. The SMILES string of the molecule is CCC(CO)NC(=O)c1cccc(C)n1. The van der Waals surface area contributed by atoms with Crippen LogP contribution < -0.4 is 5.32 Å². The molecule has 1 rings (SSSR count). The maximum absolute atomic E-state index is 11.6. The Labute approximate surface area is 89.3 Å². The van der Waals surface area contributed by atoms with Crippen molar-refractivity contribution in [1.82, 2.24) is 10.3 Å². The Hall–Kier alpha value is -1.42. The summed E-state index contributed by atoms with van der Waals surface area (Å²) in [5.41, 5.74) is 1.20. The fourth-order valence-corrected chi connectivity index (χ4v) is 1.21. The molecule has 1 atom stereocenters. The van der Waals surface area contributed by atoms with Crippen molar-refractivity contribution in [2.45, 2.75) is 26.3 Å². The molecule has 4 heteroatoms. The molecule has 0 saturated carbocycles. The molecule has 1 unspecified atom stereocenters. The standard InChI is InChI=1S/C11H16N2O2/c1-3-9(7-14)13-11(15)10-6-4-5-8(2)12-10/h4-6,9,14H,3,7H2,1-2H3,(H,13,15). The van der Waals surface area contributed by atoms with Crippen molar-refractivity contribution in [3.8, 4) is 0 Å². The van der Waals surface area contributed by atoms with Gasteiger partial charge in [0, 0.05) is 5.69 Å². The van der Waals surface area contributed by atoms with E-state index in [2.05, 4.69) is 10.3 Å². The van der Waals surface area contributed by atoms with Crippen LogP contribution in [0.3, 0.4) is 0 Å². The van der Waals surface area contributed by atoms with Gasteiger partial charge in [0.2, 0.25) is 0 Å². The topological polar surface area (TPSA) is 62.2 Å². The van der Waals surface area contributed by atoms with Crippen LogP contribution >= 0.6 is 0 Å². The van der Waals surface area contributed by atoms with Gasteiger partial charge in [-0.2, -0.15) is 0 Å². The number of carbonyl (C=O) groups is 1. The molecule has 0 aliphatic carbocycles. The fourth-order valence-electron chi connectivity index (χ4n) is 1.21. The fraction of sp³-hybridized carbons (Fsp3) is 0.455. The molecule has 15 heavy (non-hydrogen) atoms. The number of aliphatic hydroxyl groups excluding tert-OH is 1. The van der Waals surface area contributed by atoms with Gasteiger partial charge in [-0.3, -0.25) is 4.79 Å². The van der Waals surface area contributed by atoms with Gasteiger partial charge in [-0.1, -0.05) is 13.0 Å². The number of hydrogen-bond acceptors (Lipinski definition) is 3. The zero-order valence-corrected chi connectivity index (χ0v) is 9.03. The number of amides is 1. The first-order valence-electron chi connectivity index (χ1n) is 5.02. The number of hydrogen-bond donors (Lipinski definition) is 2. The van der Waals surface area contributed by atoms with Crippen molar-refractivity contribution in [1.29, 1.82) is 0 Å². The Kier molecular flexibility index (Phi) is 4.24. The molecule has 0 aliphatic heterocycles. The highest BCUT2D eigenvalue weighted by molar-refractivity contribution is 5.92. The summed E-state index contributed by atoms with van der Waals surface area (Å²) in [4.78, 5) is 15.7. The summed E-state index contributed by atoms with van der Waals surface area (Å²) in [6, 6.07) is 5.09. The third kappa shape index (κ3) is 3.32. The lowest BCUT2D eigenvalue weighted by atomic mass is 10.2. The highest BCUT2D eigenvalue weighted by Gasteiger charge is 2.11. The van der Waals surface area contributed by atoms with Gasteiger partial charge >= 0.3 is 0 Å².